The smallest absolute Gasteiger partial charge is 0.137 e. The Morgan fingerprint density at radius 1 is 1.35 bits per heavy atom. The number of rotatable bonds is 5. The zero-order valence-electron chi connectivity index (χ0n) is 12.6. The van der Waals surface area contributed by atoms with Crippen LogP contribution in [-0.4, -0.2) is 16.5 Å². The predicted octanol–water partition coefficient (Wildman–Crippen LogP) is 3.58. The lowest BCUT2D eigenvalue weighted by Crippen LogP contribution is -2.25. The molecule has 0 aliphatic carbocycles. The molecule has 2 aromatic heterocycles. The molecule has 0 saturated heterocycles. The van der Waals surface area contributed by atoms with E-state index in [1.807, 2.05) is 6.92 Å². The topological polar surface area (TPSA) is 55.0 Å². The third-order valence-electron chi connectivity index (χ3n) is 3.30. The van der Waals surface area contributed by atoms with Crippen LogP contribution < -0.4 is 10.6 Å². The van der Waals surface area contributed by atoms with E-state index in [4.69, 9.17) is 10.7 Å². The second kappa shape index (κ2) is 6.22. The molecule has 0 saturated carbocycles. The zero-order valence-corrected chi connectivity index (χ0v) is 13.4. The van der Waals surface area contributed by atoms with Gasteiger partial charge in [0.1, 0.15) is 17.5 Å². The molecule has 2 N–H and O–H groups in total. The van der Waals surface area contributed by atoms with E-state index >= 15 is 0 Å². The molecule has 0 atom stereocenters. The van der Waals surface area contributed by atoms with Crippen molar-refractivity contribution in [2.75, 3.05) is 17.2 Å². The van der Waals surface area contributed by atoms with Gasteiger partial charge in [-0.3, -0.25) is 0 Å². The Bertz CT molecular complexity index is 564. The molecule has 2 rings (SSSR count). The quantitative estimate of drug-likeness (QED) is 0.914. The van der Waals surface area contributed by atoms with Gasteiger partial charge in [0, 0.05) is 22.9 Å². The van der Waals surface area contributed by atoms with Crippen LogP contribution >= 0.6 is 11.3 Å². The first-order valence-electron chi connectivity index (χ1n) is 6.94. The van der Waals surface area contributed by atoms with Crippen LogP contribution in [0, 0.1) is 6.92 Å². The molecule has 0 bridgehead atoms. The molecule has 4 nitrogen and oxygen atoms in total. The third kappa shape index (κ3) is 3.10. The summed E-state index contributed by atoms with van der Waals surface area (Å²) in [6.07, 6.45) is 0. The molecule has 0 radical (unpaired) electrons. The maximum atomic E-state index is 6.05. The highest BCUT2D eigenvalue weighted by molar-refractivity contribution is 7.09. The molecule has 2 heterocycles. The summed E-state index contributed by atoms with van der Waals surface area (Å²) in [6.45, 7) is 10.1. The first kappa shape index (κ1) is 14.8. The van der Waals surface area contributed by atoms with Gasteiger partial charge in [-0.2, -0.15) is 0 Å². The van der Waals surface area contributed by atoms with Crippen molar-refractivity contribution in [2.24, 2.45) is 0 Å². The minimum Gasteiger partial charge on any atom is -0.383 e. The summed E-state index contributed by atoms with van der Waals surface area (Å²) in [4.78, 5) is 12.7. The van der Waals surface area contributed by atoms with Crippen molar-refractivity contribution in [3.8, 4) is 0 Å². The SMILES string of the molecule is CCN(Cc1cccs1)c1nc(C(C)C)nc(N)c1C. The molecule has 20 heavy (non-hydrogen) atoms. The van der Waals surface area contributed by atoms with Gasteiger partial charge in [0.2, 0.25) is 0 Å². The Morgan fingerprint density at radius 3 is 2.65 bits per heavy atom. The van der Waals surface area contributed by atoms with Crippen molar-refractivity contribution in [1.82, 2.24) is 9.97 Å². The number of nitrogens with zero attached hydrogens (tertiary/aromatic N) is 3. The number of aromatic nitrogens is 2. The average Bonchev–Trinajstić information content (AvgIpc) is 2.92. The molecule has 5 heteroatoms. The minimum atomic E-state index is 0.275. The zero-order chi connectivity index (χ0) is 14.7. The molecule has 0 amide bonds. The fourth-order valence-electron chi connectivity index (χ4n) is 2.03. The lowest BCUT2D eigenvalue weighted by Gasteiger charge is -2.24. The molecule has 0 aliphatic rings. The lowest BCUT2D eigenvalue weighted by atomic mass is 10.2. The number of hydrogen-bond acceptors (Lipinski definition) is 5. The molecule has 0 aliphatic heterocycles. The summed E-state index contributed by atoms with van der Waals surface area (Å²) >= 11 is 1.77. The van der Waals surface area contributed by atoms with Crippen molar-refractivity contribution < 1.29 is 0 Å². The Hall–Kier alpha value is -1.62. The molecular weight excluding hydrogens is 268 g/mol. The first-order chi connectivity index (χ1) is 9.52. The molecule has 2 aromatic rings. The van der Waals surface area contributed by atoms with Crippen molar-refractivity contribution in [3.63, 3.8) is 0 Å². The van der Waals surface area contributed by atoms with E-state index in [1.165, 1.54) is 4.88 Å². The second-order valence-corrected chi connectivity index (χ2v) is 6.20. The van der Waals surface area contributed by atoms with Crippen molar-refractivity contribution >= 4 is 23.0 Å². The van der Waals surface area contributed by atoms with Crippen LogP contribution in [0.15, 0.2) is 17.5 Å². The van der Waals surface area contributed by atoms with E-state index in [0.717, 1.165) is 30.3 Å². The van der Waals surface area contributed by atoms with Gasteiger partial charge in [0.05, 0.1) is 6.54 Å². The largest absolute Gasteiger partial charge is 0.383 e. The van der Waals surface area contributed by atoms with E-state index in [-0.39, 0.29) is 5.92 Å². The normalized spacial score (nSPS) is 11.1. The third-order valence-corrected chi connectivity index (χ3v) is 4.16. The predicted molar refractivity (Wildman–Crippen MR) is 86.3 cm³/mol. The van der Waals surface area contributed by atoms with Crippen molar-refractivity contribution in [2.45, 2.75) is 40.2 Å². The Morgan fingerprint density at radius 2 is 2.10 bits per heavy atom. The molecule has 108 valence electrons. The van der Waals surface area contributed by atoms with Crippen LogP contribution in [0.25, 0.3) is 0 Å². The van der Waals surface area contributed by atoms with Gasteiger partial charge in [0.25, 0.3) is 0 Å². The maximum Gasteiger partial charge on any atom is 0.137 e. The van der Waals surface area contributed by atoms with Gasteiger partial charge in [-0.05, 0) is 25.3 Å². The highest BCUT2D eigenvalue weighted by atomic mass is 32.1. The van der Waals surface area contributed by atoms with Gasteiger partial charge >= 0.3 is 0 Å². The van der Waals surface area contributed by atoms with Crippen LogP contribution in [0.3, 0.4) is 0 Å². The summed E-state index contributed by atoms with van der Waals surface area (Å²) in [5.74, 6) is 2.63. The summed E-state index contributed by atoms with van der Waals surface area (Å²) in [5.41, 5.74) is 7.02. The Balaban J connectivity index is 2.37. The van der Waals surface area contributed by atoms with Gasteiger partial charge in [-0.1, -0.05) is 19.9 Å². The van der Waals surface area contributed by atoms with Crippen molar-refractivity contribution in [3.05, 3.63) is 33.8 Å². The summed E-state index contributed by atoms with van der Waals surface area (Å²) < 4.78 is 0. The van der Waals surface area contributed by atoms with Gasteiger partial charge in [-0.15, -0.1) is 11.3 Å². The highest BCUT2D eigenvalue weighted by Crippen LogP contribution is 2.26. The second-order valence-electron chi connectivity index (χ2n) is 5.16. The molecule has 0 fully saturated rings. The van der Waals surface area contributed by atoms with Gasteiger partial charge < -0.3 is 10.6 Å². The van der Waals surface area contributed by atoms with E-state index in [2.05, 4.69) is 48.2 Å². The standard InChI is InChI=1S/C15H22N4S/c1-5-19(9-12-7-6-8-20-12)15-11(4)13(16)17-14(18-15)10(2)3/h6-8,10H,5,9H2,1-4H3,(H2,16,17,18). The summed E-state index contributed by atoms with van der Waals surface area (Å²) in [7, 11) is 0. The van der Waals surface area contributed by atoms with Crippen molar-refractivity contribution in [1.29, 1.82) is 0 Å². The Kier molecular flexibility index (Phi) is 4.60. The van der Waals surface area contributed by atoms with E-state index in [9.17, 15) is 0 Å². The van der Waals surface area contributed by atoms with Crippen LogP contribution in [0.2, 0.25) is 0 Å². The molecule has 0 spiro atoms. The van der Waals surface area contributed by atoms with Gasteiger partial charge in [0.15, 0.2) is 0 Å². The Labute approximate surface area is 124 Å². The van der Waals surface area contributed by atoms with Crippen LogP contribution in [0.5, 0.6) is 0 Å². The summed E-state index contributed by atoms with van der Waals surface area (Å²) in [6, 6.07) is 4.23. The van der Waals surface area contributed by atoms with Crippen LogP contribution in [0.4, 0.5) is 11.6 Å². The first-order valence-corrected chi connectivity index (χ1v) is 7.82. The highest BCUT2D eigenvalue weighted by Gasteiger charge is 2.16. The summed E-state index contributed by atoms with van der Waals surface area (Å²) in [5, 5.41) is 2.10. The fraction of sp³-hybridized carbons (Fsp3) is 0.467. The molecule has 0 aromatic carbocycles. The number of nitrogens with two attached hydrogens (primary N) is 1. The van der Waals surface area contributed by atoms with E-state index < -0.39 is 0 Å². The lowest BCUT2D eigenvalue weighted by molar-refractivity contribution is 0.748. The van der Waals surface area contributed by atoms with Crippen LogP contribution in [0.1, 0.15) is 43.0 Å². The van der Waals surface area contributed by atoms with Crippen LogP contribution in [-0.2, 0) is 6.54 Å². The number of nitrogen functional groups attached to an aromatic ring is 1. The number of anilines is 2. The molecule has 0 unspecified atom stereocenters. The maximum absolute atomic E-state index is 6.05. The number of hydrogen-bond donors (Lipinski definition) is 1. The fourth-order valence-corrected chi connectivity index (χ4v) is 2.75. The monoisotopic (exact) mass is 290 g/mol. The van der Waals surface area contributed by atoms with E-state index in [1.54, 1.807) is 11.3 Å². The minimum absolute atomic E-state index is 0.275. The van der Waals surface area contributed by atoms with Gasteiger partial charge in [-0.25, -0.2) is 9.97 Å². The molecular formula is C15H22N4S. The average molecular weight is 290 g/mol. The number of thiophene rings is 1. The van der Waals surface area contributed by atoms with E-state index in [0.29, 0.717) is 5.82 Å².